The van der Waals surface area contributed by atoms with Crippen molar-refractivity contribution in [1.29, 1.82) is 0 Å². The van der Waals surface area contributed by atoms with Crippen LogP contribution in [0, 0.1) is 0 Å². The second-order valence-corrected chi connectivity index (χ2v) is 7.17. The van der Waals surface area contributed by atoms with Crippen LogP contribution >= 0.6 is 11.6 Å². The van der Waals surface area contributed by atoms with Crippen molar-refractivity contribution >= 4 is 17.5 Å². The summed E-state index contributed by atoms with van der Waals surface area (Å²) < 4.78 is 0. The number of hydrogen-bond acceptors (Lipinski definition) is 1. The highest BCUT2D eigenvalue weighted by molar-refractivity contribution is 6.30. The Morgan fingerprint density at radius 3 is 2.48 bits per heavy atom. The summed E-state index contributed by atoms with van der Waals surface area (Å²) in [6, 6.07) is 18.0. The third-order valence-electron chi connectivity index (χ3n) is 4.03. The summed E-state index contributed by atoms with van der Waals surface area (Å²) in [6.07, 6.45) is 1.25. The molecule has 0 radical (unpaired) electrons. The average Bonchev–Trinajstić information content (AvgIpc) is 2.47. The molecule has 3 heteroatoms. The van der Waals surface area contributed by atoms with Gasteiger partial charge < -0.3 is 5.32 Å². The third kappa shape index (κ3) is 5.40. The molecule has 0 aliphatic carbocycles. The van der Waals surface area contributed by atoms with Gasteiger partial charge in [0.05, 0.1) is 6.42 Å². The summed E-state index contributed by atoms with van der Waals surface area (Å²) in [5.41, 5.74) is 2.24. The summed E-state index contributed by atoms with van der Waals surface area (Å²) in [5, 5.41) is 3.75. The van der Waals surface area contributed by atoms with Gasteiger partial charge in [0, 0.05) is 11.1 Å². The van der Waals surface area contributed by atoms with Gasteiger partial charge in [-0.3, -0.25) is 4.79 Å². The van der Waals surface area contributed by atoms with Crippen molar-refractivity contribution in [3.05, 3.63) is 70.7 Å². The van der Waals surface area contributed by atoms with Crippen molar-refractivity contribution in [3.8, 4) is 0 Å². The number of rotatable bonds is 6. The van der Waals surface area contributed by atoms with Crippen LogP contribution in [0.25, 0.3) is 0 Å². The molecule has 2 aromatic rings. The van der Waals surface area contributed by atoms with Crippen LogP contribution in [0.3, 0.4) is 0 Å². The van der Waals surface area contributed by atoms with Crippen LogP contribution in [-0.4, -0.2) is 11.9 Å². The molecule has 1 unspecified atom stereocenters. The highest BCUT2D eigenvalue weighted by atomic mass is 35.5. The number of carbonyl (C=O) groups is 1. The smallest absolute Gasteiger partial charge is 0.224 e. The largest absolute Gasteiger partial charge is 0.353 e. The Morgan fingerprint density at radius 2 is 1.83 bits per heavy atom. The molecule has 0 saturated heterocycles. The van der Waals surface area contributed by atoms with Crippen LogP contribution in [0.4, 0.5) is 0 Å². The van der Waals surface area contributed by atoms with E-state index in [2.05, 4.69) is 50.4 Å². The monoisotopic (exact) mass is 329 g/mol. The lowest BCUT2D eigenvalue weighted by atomic mass is 9.79. The molecule has 0 aliphatic heterocycles. The van der Waals surface area contributed by atoms with Crippen LogP contribution < -0.4 is 5.32 Å². The van der Waals surface area contributed by atoms with Gasteiger partial charge >= 0.3 is 0 Å². The van der Waals surface area contributed by atoms with Crippen LogP contribution in [0.1, 0.15) is 38.3 Å². The number of hydrogen-bond donors (Lipinski definition) is 1. The van der Waals surface area contributed by atoms with Crippen LogP contribution in [0.5, 0.6) is 0 Å². The summed E-state index contributed by atoms with van der Waals surface area (Å²) in [7, 11) is 0. The average molecular weight is 330 g/mol. The Labute approximate surface area is 143 Å². The van der Waals surface area contributed by atoms with Gasteiger partial charge in [-0.25, -0.2) is 0 Å². The molecule has 0 heterocycles. The predicted octanol–water partition coefficient (Wildman–Crippen LogP) is 4.76. The molecule has 1 atom stereocenters. The van der Waals surface area contributed by atoms with Gasteiger partial charge in [0.25, 0.3) is 0 Å². The zero-order valence-corrected chi connectivity index (χ0v) is 14.7. The van der Waals surface area contributed by atoms with Crippen molar-refractivity contribution in [3.63, 3.8) is 0 Å². The topological polar surface area (TPSA) is 29.1 Å². The molecule has 23 heavy (non-hydrogen) atoms. The highest BCUT2D eigenvalue weighted by Crippen LogP contribution is 2.28. The summed E-state index contributed by atoms with van der Waals surface area (Å²) in [6.45, 7) is 6.48. The first-order valence-corrected chi connectivity index (χ1v) is 8.34. The Morgan fingerprint density at radius 1 is 1.13 bits per heavy atom. The minimum Gasteiger partial charge on any atom is -0.353 e. The van der Waals surface area contributed by atoms with E-state index in [4.69, 9.17) is 11.6 Å². The van der Waals surface area contributed by atoms with E-state index < -0.39 is 0 Å². The second-order valence-electron chi connectivity index (χ2n) is 6.73. The minimum absolute atomic E-state index is 0.0179. The summed E-state index contributed by atoms with van der Waals surface area (Å²) in [5.74, 6) is 0.0311. The lowest BCUT2D eigenvalue weighted by Crippen LogP contribution is -2.38. The van der Waals surface area contributed by atoms with Crippen molar-refractivity contribution in [1.82, 2.24) is 5.32 Å². The van der Waals surface area contributed by atoms with E-state index in [1.807, 2.05) is 30.3 Å². The van der Waals surface area contributed by atoms with Crippen molar-refractivity contribution in [2.24, 2.45) is 0 Å². The molecule has 0 fully saturated rings. The van der Waals surface area contributed by atoms with Crippen LogP contribution in [0.2, 0.25) is 5.02 Å². The fourth-order valence-corrected chi connectivity index (χ4v) is 3.19. The fraction of sp³-hybridized carbons (Fsp3) is 0.350. The molecule has 0 saturated carbocycles. The van der Waals surface area contributed by atoms with Gasteiger partial charge in [0.15, 0.2) is 0 Å². The van der Waals surface area contributed by atoms with Gasteiger partial charge in [0.1, 0.15) is 0 Å². The maximum absolute atomic E-state index is 12.2. The molecular formula is C20H24ClNO. The van der Waals surface area contributed by atoms with Crippen molar-refractivity contribution in [2.45, 2.75) is 45.1 Å². The van der Waals surface area contributed by atoms with Crippen molar-refractivity contribution < 1.29 is 4.79 Å². The van der Waals surface area contributed by atoms with E-state index in [9.17, 15) is 4.79 Å². The molecule has 2 rings (SSSR count). The van der Waals surface area contributed by atoms with E-state index in [1.165, 1.54) is 5.56 Å². The molecule has 1 amide bonds. The normalized spacial score (nSPS) is 12.7. The lowest BCUT2D eigenvalue weighted by molar-refractivity contribution is -0.121. The maximum Gasteiger partial charge on any atom is 0.224 e. The first kappa shape index (κ1) is 17.6. The van der Waals surface area contributed by atoms with Crippen molar-refractivity contribution in [2.75, 3.05) is 0 Å². The quantitative estimate of drug-likeness (QED) is 0.813. The summed E-state index contributed by atoms with van der Waals surface area (Å²) in [4.78, 5) is 12.2. The first-order chi connectivity index (χ1) is 10.9. The Hall–Kier alpha value is -1.80. The molecule has 2 nitrogen and oxygen atoms in total. The van der Waals surface area contributed by atoms with E-state index in [0.717, 1.165) is 12.0 Å². The first-order valence-electron chi connectivity index (χ1n) is 7.96. The zero-order chi connectivity index (χ0) is 16.9. The van der Waals surface area contributed by atoms with Gasteiger partial charge in [0.2, 0.25) is 5.91 Å². The minimum atomic E-state index is 0.0179. The Kier molecular flexibility index (Phi) is 5.84. The number of benzene rings is 2. The number of nitrogens with one attached hydrogen (secondary N) is 1. The predicted molar refractivity (Wildman–Crippen MR) is 96.8 cm³/mol. The van der Waals surface area contributed by atoms with E-state index in [0.29, 0.717) is 11.4 Å². The molecule has 0 aliphatic rings. The molecular weight excluding hydrogens is 306 g/mol. The molecule has 1 N–H and O–H groups in total. The van der Waals surface area contributed by atoms with Crippen LogP contribution in [0.15, 0.2) is 54.6 Å². The Bertz CT molecular complexity index is 652. The number of halogens is 1. The standard InChI is InChI=1S/C20H24ClNO/c1-15(14-20(2,3)17-9-5-4-6-10-17)22-19(23)13-16-8-7-11-18(21)12-16/h4-12,15H,13-14H2,1-3H3,(H,22,23). The van der Waals surface area contributed by atoms with Crippen LogP contribution in [-0.2, 0) is 16.6 Å². The van der Waals surface area contributed by atoms with Gasteiger partial charge in [-0.1, -0.05) is 67.9 Å². The second kappa shape index (κ2) is 7.65. The molecule has 122 valence electrons. The van der Waals surface area contributed by atoms with Gasteiger partial charge in [-0.15, -0.1) is 0 Å². The lowest BCUT2D eigenvalue weighted by Gasteiger charge is -2.29. The molecule has 0 aromatic heterocycles. The zero-order valence-electron chi connectivity index (χ0n) is 14.0. The fourth-order valence-electron chi connectivity index (χ4n) is 2.98. The molecule has 0 bridgehead atoms. The van der Waals surface area contributed by atoms with Gasteiger partial charge in [-0.2, -0.15) is 0 Å². The number of amides is 1. The molecule has 0 spiro atoms. The summed E-state index contributed by atoms with van der Waals surface area (Å²) >= 11 is 5.96. The van der Waals surface area contributed by atoms with E-state index in [1.54, 1.807) is 0 Å². The Balaban J connectivity index is 1.91. The highest BCUT2D eigenvalue weighted by Gasteiger charge is 2.23. The van der Waals surface area contributed by atoms with Gasteiger partial charge in [-0.05, 0) is 42.0 Å². The van der Waals surface area contributed by atoms with E-state index >= 15 is 0 Å². The third-order valence-corrected chi connectivity index (χ3v) is 4.27. The number of carbonyl (C=O) groups excluding carboxylic acids is 1. The SMILES string of the molecule is CC(CC(C)(C)c1ccccc1)NC(=O)Cc1cccc(Cl)c1. The molecule has 2 aromatic carbocycles. The van der Waals surface area contributed by atoms with E-state index in [-0.39, 0.29) is 17.4 Å². The maximum atomic E-state index is 12.2.